The van der Waals surface area contributed by atoms with Crippen molar-refractivity contribution in [2.24, 2.45) is 0 Å². The zero-order valence-electron chi connectivity index (χ0n) is 16.5. The third kappa shape index (κ3) is 5.35. The summed E-state index contributed by atoms with van der Waals surface area (Å²) in [5.41, 5.74) is -0.409. The van der Waals surface area contributed by atoms with E-state index in [9.17, 15) is 4.79 Å². The summed E-state index contributed by atoms with van der Waals surface area (Å²) in [5, 5.41) is 3.72. The molecule has 2 atom stereocenters. The van der Waals surface area contributed by atoms with Crippen molar-refractivity contribution in [1.82, 2.24) is 15.1 Å². The molecule has 0 radical (unpaired) electrons. The van der Waals surface area contributed by atoms with Gasteiger partial charge in [-0.1, -0.05) is 0 Å². The summed E-state index contributed by atoms with van der Waals surface area (Å²) in [4.78, 5) is 16.9. The second-order valence-corrected chi connectivity index (χ2v) is 8.82. The maximum Gasteiger partial charge on any atom is 0.410 e. The van der Waals surface area contributed by atoms with Crippen LogP contribution in [-0.4, -0.2) is 65.8 Å². The van der Waals surface area contributed by atoms with Gasteiger partial charge in [-0.05, 0) is 86.9 Å². The highest BCUT2D eigenvalue weighted by molar-refractivity contribution is 5.69. The molecule has 0 aliphatic carbocycles. The Hall–Kier alpha value is -0.810. The van der Waals surface area contributed by atoms with Crippen LogP contribution in [-0.2, 0) is 4.74 Å². The molecule has 1 N–H and O–H groups in total. The van der Waals surface area contributed by atoms with E-state index >= 15 is 0 Å². The van der Waals surface area contributed by atoms with Crippen molar-refractivity contribution in [3.05, 3.63) is 0 Å². The summed E-state index contributed by atoms with van der Waals surface area (Å²) in [6, 6.07) is 1.87. The predicted octanol–water partition coefficient (Wildman–Crippen LogP) is 3.24. The van der Waals surface area contributed by atoms with Crippen LogP contribution in [0.15, 0.2) is 0 Å². The topological polar surface area (TPSA) is 44.8 Å². The number of hydrogen-bond acceptors (Lipinski definition) is 4. The lowest BCUT2D eigenvalue weighted by Gasteiger charge is -2.39. The number of carbonyl (C=O) groups excluding carboxylic acids is 1. The van der Waals surface area contributed by atoms with E-state index in [-0.39, 0.29) is 6.09 Å². The van der Waals surface area contributed by atoms with E-state index in [1.54, 1.807) is 0 Å². The smallest absolute Gasteiger partial charge is 0.410 e. The van der Waals surface area contributed by atoms with Gasteiger partial charge in [-0.15, -0.1) is 0 Å². The van der Waals surface area contributed by atoms with E-state index in [0.29, 0.717) is 24.2 Å². The molecule has 2 unspecified atom stereocenters. The molecule has 2 saturated heterocycles. The Morgan fingerprint density at radius 3 is 2.33 bits per heavy atom. The zero-order valence-corrected chi connectivity index (χ0v) is 16.5. The summed E-state index contributed by atoms with van der Waals surface area (Å²) in [6.07, 6.45) is 5.44. The Balaban J connectivity index is 1.75. The van der Waals surface area contributed by atoms with Gasteiger partial charge in [0.15, 0.2) is 0 Å². The molecule has 2 rings (SSSR count). The summed E-state index contributed by atoms with van der Waals surface area (Å²) in [6.45, 7) is 12.5. The maximum atomic E-state index is 12.5. The number of fused-ring (bicyclic) bond motifs is 2. The van der Waals surface area contributed by atoms with Gasteiger partial charge < -0.3 is 19.9 Å². The Kier molecular flexibility index (Phi) is 6.54. The monoisotopic (exact) mass is 339 g/mol. The third-order valence-corrected chi connectivity index (χ3v) is 5.34. The average Bonchev–Trinajstić information content (AvgIpc) is 2.73. The van der Waals surface area contributed by atoms with E-state index in [1.807, 2.05) is 25.7 Å². The van der Waals surface area contributed by atoms with Gasteiger partial charge in [0.25, 0.3) is 0 Å². The van der Waals surface area contributed by atoms with Gasteiger partial charge in [-0.3, -0.25) is 0 Å². The number of amides is 1. The maximum absolute atomic E-state index is 12.5. The average molecular weight is 340 g/mol. The van der Waals surface area contributed by atoms with Gasteiger partial charge in [0.05, 0.1) is 0 Å². The highest BCUT2D eigenvalue weighted by atomic mass is 16.6. The van der Waals surface area contributed by atoms with Crippen molar-refractivity contribution in [3.8, 4) is 0 Å². The van der Waals surface area contributed by atoms with Crippen LogP contribution in [0.3, 0.4) is 0 Å². The largest absolute Gasteiger partial charge is 0.444 e. The minimum absolute atomic E-state index is 0.119. The molecule has 2 bridgehead atoms. The summed E-state index contributed by atoms with van der Waals surface area (Å²) < 4.78 is 5.60. The number of hydrogen-bond donors (Lipinski definition) is 1. The van der Waals surface area contributed by atoms with Crippen LogP contribution in [0.25, 0.3) is 0 Å². The van der Waals surface area contributed by atoms with Gasteiger partial charge in [0.1, 0.15) is 5.60 Å². The van der Waals surface area contributed by atoms with Crippen molar-refractivity contribution < 1.29 is 9.53 Å². The lowest BCUT2D eigenvalue weighted by molar-refractivity contribution is 0.00473. The van der Waals surface area contributed by atoms with Gasteiger partial charge in [0.2, 0.25) is 0 Å². The number of ether oxygens (including phenoxy) is 1. The Bertz CT molecular complexity index is 405. The van der Waals surface area contributed by atoms with E-state index in [1.165, 1.54) is 6.42 Å². The first kappa shape index (κ1) is 19.5. The minimum atomic E-state index is -0.409. The number of carbonyl (C=O) groups is 1. The molecule has 0 aromatic carbocycles. The number of piperidine rings is 1. The Labute approximate surface area is 148 Å². The van der Waals surface area contributed by atoms with Crippen LogP contribution >= 0.6 is 0 Å². The third-order valence-electron chi connectivity index (χ3n) is 5.34. The number of nitrogens with zero attached hydrogens (tertiary/aromatic N) is 2. The molecule has 2 fully saturated rings. The van der Waals surface area contributed by atoms with Crippen molar-refractivity contribution in [2.45, 2.75) is 96.5 Å². The van der Waals surface area contributed by atoms with Gasteiger partial charge >= 0.3 is 6.09 Å². The molecule has 1 amide bonds. The molecule has 2 aliphatic heterocycles. The molecular weight excluding hydrogens is 302 g/mol. The first-order valence-electron chi connectivity index (χ1n) is 9.62. The van der Waals surface area contributed by atoms with Crippen molar-refractivity contribution >= 4 is 6.09 Å². The predicted molar refractivity (Wildman–Crippen MR) is 98.3 cm³/mol. The Morgan fingerprint density at radius 1 is 1.25 bits per heavy atom. The second kappa shape index (κ2) is 8.05. The van der Waals surface area contributed by atoms with Crippen molar-refractivity contribution in [3.63, 3.8) is 0 Å². The lowest BCUT2D eigenvalue weighted by atomic mass is 9.97. The van der Waals surface area contributed by atoms with Crippen molar-refractivity contribution in [1.29, 1.82) is 0 Å². The molecule has 5 heteroatoms. The minimum Gasteiger partial charge on any atom is -0.444 e. The highest BCUT2D eigenvalue weighted by Crippen LogP contribution is 2.36. The number of rotatable bonds is 6. The van der Waals surface area contributed by atoms with Crippen LogP contribution in [0.2, 0.25) is 0 Å². The SMILES string of the molecule is CC(C)N(C)CCCNC1CC2CCC(C1)N2C(=O)OC(C)(C)C. The summed E-state index contributed by atoms with van der Waals surface area (Å²) >= 11 is 0. The van der Waals surface area contributed by atoms with E-state index in [4.69, 9.17) is 4.74 Å². The van der Waals surface area contributed by atoms with Gasteiger partial charge in [-0.2, -0.15) is 0 Å². The van der Waals surface area contributed by atoms with Gasteiger partial charge in [-0.25, -0.2) is 4.79 Å². The molecule has 0 aromatic rings. The van der Waals surface area contributed by atoms with E-state index in [2.05, 4.69) is 31.1 Å². The standard InChI is InChI=1S/C19H37N3O2/c1-14(2)21(6)11-7-10-20-15-12-16-8-9-17(13-15)22(16)18(23)24-19(3,4)5/h14-17,20H,7-13H2,1-6H3. The van der Waals surface area contributed by atoms with Gasteiger partial charge in [0, 0.05) is 24.2 Å². The summed E-state index contributed by atoms with van der Waals surface area (Å²) in [7, 11) is 2.18. The molecule has 5 nitrogen and oxygen atoms in total. The van der Waals surface area contributed by atoms with Crippen molar-refractivity contribution in [2.75, 3.05) is 20.1 Å². The molecule has 2 heterocycles. The molecule has 0 spiro atoms. The molecule has 2 aliphatic rings. The molecule has 140 valence electrons. The van der Waals surface area contributed by atoms with Crippen LogP contribution < -0.4 is 5.32 Å². The normalized spacial score (nSPS) is 27.2. The first-order valence-corrected chi connectivity index (χ1v) is 9.62. The highest BCUT2D eigenvalue weighted by Gasteiger charge is 2.44. The number of nitrogens with one attached hydrogen (secondary N) is 1. The fourth-order valence-corrected chi connectivity index (χ4v) is 3.85. The zero-order chi connectivity index (χ0) is 17.9. The van der Waals surface area contributed by atoms with Crippen LogP contribution in [0.4, 0.5) is 4.79 Å². The quantitative estimate of drug-likeness (QED) is 0.755. The summed E-state index contributed by atoms with van der Waals surface area (Å²) in [5.74, 6) is 0. The van der Waals surface area contributed by atoms with Crippen LogP contribution in [0.1, 0.15) is 66.7 Å². The molecule has 24 heavy (non-hydrogen) atoms. The fraction of sp³-hybridized carbons (Fsp3) is 0.947. The molecular formula is C19H37N3O2. The molecule has 0 aromatic heterocycles. The van der Waals surface area contributed by atoms with Crippen LogP contribution in [0.5, 0.6) is 0 Å². The fourth-order valence-electron chi connectivity index (χ4n) is 3.85. The Morgan fingerprint density at radius 2 is 1.83 bits per heavy atom. The van der Waals surface area contributed by atoms with E-state index < -0.39 is 5.60 Å². The van der Waals surface area contributed by atoms with E-state index in [0.717, 1.165) is 38.8 Å². The molecule has 0 saturated carbocycles. The second-order valence-electron chi connectivity index (χ2n) is 8.82. The first-order chi connectivity index (χ1) is 11.2. The lowest BCUT2D eigenvalue weighted by Crippen LogP contribution is -2.52. The van der Waals surface area contributed by atoms with Crippen LogP contribution in [0, 0.1) is 0 Å².